The fraction of sp³-hybridized carbons (Fsp3) is 0.615. The number of halogens is 2. The molecular formula is C13H20Cl2N4O2S. The summed E-state index contributed by atoms with van der Waals surface area (Å²) in [6.45, 7) is 2.96. The lowest BCUT2D eigenvalue weighted by Crippen LogP contribution is -2.39. The van der Waals surface area contributed by atoms with Gasteiger partial charge in [-0.1, -0.05) is 0 Å². The van der Waals surface area contributed by atoms with E-state index >= 15 is 0 Å². The number of nitrogens with one attached hydrogen (secondary N) is 2. The van der Waals surface area contributed by atoms with Gasteiger partial charge in [-0.05, 0) is 19.3 Å². The summed E-state index contributed by atoms with van der Waals surface area (Å²) in [6.07, 6.45) is 3.36. The maximum Gasteiger partial charge on any atom is 0.273 e. The maximum atomic E-state index is 12.5. The van der Waals surface area contributed by atoms with Gasteiger partial charge in [0.2, 0.25) is 5.91 Å². The van der Waals surface area contributed by atoms with Crippen molar-refractivity contribution in [3.8, 4) is 0 Å². The third-order valence-electron chi connectivity index (χ3n) is 3.82. The molecule has 2 bridgehead atoms. The predicted molar refractivity (Wildman–Crippen MR) is 91.4 cm³/mol. The van der Waals surface area contributed by atoms with Crippen molar-refractivity contribution in [1.82, 2.24) is 15.2 Å². The highest BCUT2D eigenvalue weighted by atomic mass is 35.5. The van der Waals surface area contributed by atoms with Crippen LogP contribution in [0.25, 0.3) is 0 Å². The molecule has 2 saturated heterocycles. The molecule has 1 aromatic rings. The average molecular weight is 367 g/mol. The first kappa shape index (κ1) is 19.2. The first-order chi connectivity index (χ1) is 9.61. The molecule has 2 atom stereocenters. The Kier molecular flexibility index (Phi) is 7.05. The minimum atomic E-state index is -0.172. The molecule has 2 N–H and O–H groups in total. The van der Waals surface area contributed by atoms with Crippen molar-refractivity contribution >= 4 is 53.1 Å². The molecule has 0 radical (unpaired) electrons. The molecule has 3 heterocycles. The molecule has 2 aliphatic rings. The van der Waals surface area contributed by atoms with Crippen LogP contribution in [0.15, 0.2) is 5.38 Å². The minimum absolute atomic E-state index is 0. The van der Waals surface area contributed by atoms with Crippen LogP contribution in [-0.4, -0.2) is 46.9 Å². The van der Waals surface area contributed by atoms with E-state index in [2.05, 4.69) is 15.6 Å². The fourth-order valence-corrected chi connectivity index (χ4v) is 3.60. The quantitative estimate of drug-likeness (QED) is 0.838. The van der Waals surface area contributed by atoms with Crippen LogP contribution in [0.1, 0.15) is 36.7 Å². The van der Waals surface area contributed by atoms with Crippen molar-refractivity contribution in [2.75, 3.05) is 18.4 Å². The van der Waals surface area contributed by atoms with Crippen LogP contribution < -0.4 is 10.6 Å². The number of carbonyl (C=O) groups excluding carboxylic acids is 2. The maximum absolute atomic E-state index is 12.5. The van der Waals surface area contributed by atoms with E-state index < -0.39 is 0 Å². The molecule has 2 fully saturated rings. The number of anilines is 1. The predicted octanol–water partition coefficient (Wildman–Crippen LogP) is 1.91. The number of aromatic nitrogens is 1. The second-order valence-corrected chi connectivity index (χ2v) is 6.25. The summed E-state index contributed by atoms with van der Waals surface area (Å²) in [6, 6.07) is 0.975. The molecule has 2 unspecified atom stereocenters. The van der Waals surface area contributed by atoms with Crippen LogP contribution in [-0.2, 0) is 4.79 Å². The summed E-state index contributed by atoms with van der Waals surface area (Å²) in [5.41, 5.74) is 0.427. The zero-order chi connectivity index (χ0) is 14.1. The van der Waals surface area contributed by atoms with Gasteiger partial charge in [0, 0.05) is 37.5 Å². The van der Waals surface area contributed by atoms with Gasteiger partial charge >= 0.3 is 0 Å². The molecule has 22 heavy (non-hydrogen) atoms. The lowest BCUT2D eigenvalue weighted by molar-refractivity contribution is -0.114. The van der Waals surface area contributed by atoms with E-state index in [-0.39, 0.29) is 36.6 Å². The molecule has 9 heteroatoms. The summed E-state index contributed by atoms with van der Waals surface area (Å²) in [5.74, 6) is -0.207. The molecule has 3 rings (SSSR count). The van der Waals surface area contributed by atoms with Crippen molar-refractivity contribution in [3.05, 3.63) is 11.1 Å². The second-order valence-electron chi connectivity index (χ2n) is 5.40. The molecule has 1 aromatic heterocycles. The number of fused-ring (bicyclic) bond motifs is 2. The van der Waals surface area contributed by atoms with E-state index in [1.165, 1.54) is 24.7 Å². The van der Waals surface area contributed by atoms with Gasteiger partial charge in [0.05, 0.1) is 0 Å². The third-order valence-corrected chi connectivity index (χ3v) is 4.57. The normalized spacial score (nSPS) is 23.0. The molecule has 0 spiro atoms. The Morgan fingerprint density at radius 2 is 2.05 bits per heavy atom. The van der Waals surface area contributed by atoms with E-state index in [1.54, 1.807) is 5.38 Å². The number of hydrogen-bond acceptors (Lipinski definition) is 5. The summed E-state index contributed by atoms with van der Waals surface area (Å²) in [5, 5.41) is 8.35. The van der Waals surface area contributed by atoms with E-state index in [1.807, 2.05) is 4.90 Å². The molecule has 124 valence electrons. The number of carbonyl (C=O) groups is 2. The molecule has 6 nitrogen and oxygen atoms in total. The topological polar surface area (TPSA) is 74.3 Å². The van der Waals surface area contributed by atoms with Crippen molar-refractivity contribution in [1.29, 1.82) is 0 Å². The average Bonchev–Trinajstić information content (AvgIpc) is 2.95. The zero-order valence-electron chi connectivity index (χ0n) is 12.2. The number of rotatable bonds is 2. The van der Waals surface area contributed by atoms with Gasteiger partial charge in [0.1, 0.15) is 5.69 Å². The monoisotopic (exact) mass is 366 g/mol. The smallest absolute Gasteiger partial charge is 0.273 e. The van der Waals surface area contributed by atoms with Crippen molar-refractivity contribution < 1.29 is 9.59 Å². The molecule has 2 aliphatic heterocycles. The number of nitrogens with zero attached hydrogens (tertiary/aromatic N) is 2. The van der Waals surface area contributed by atoms with Gasteiger partial charge in [-0.2, -0.15) is 0 Å². The Balaban J connectivity index is 0.00000121. The van der Waals surface area contributed by atoms with Gasteiger partial charge in [-0.15, -0.1) is 36.2 Å². The van der Waals surface area contributed by atoms with Crippen LogP contribution in [0.2, 0.25) is 0 Å². The van der Waals surface area contributed by atoms with Gasteiger partial charge in [0.25, 0.3) is 5.91 Å². The highest BCUT2D eigenvalue weighted by Gasteiger charge is 2.32. The Labute approximate surface area is 145 Å². The highest BCUT2D eigenvalue weighted by molar-refractivity contribution is 7.14. The van der Waals surface area contributed by atoms with Gasteiger partial charge in [-0.25, -0.2) is 4.98 Å². The Morgan fingerprint density at radius 1 is 1.32 bits per heavy atom. The van der Waals surface area contributed by atoms with E-state index in [0.717, 1.165) is 25.9 Å². The van der Waals surface area contributed by atoms with Crippen LogP contribution in [0.4, 0.5) is 5.13 Å². The summed E-state index contributed by atoms with van der Waals surface area (Å²) in [4.78, 5) is 29.5. The molecule has 0 aromatic carbocycles. The van der Waals surface area contributed by atoms with E-state index in [0.29, 0.717) is 22.9 Å². The molecule has 0 saturated carbocycles. The number of likely N-dealkylation sites (tertiary alicyclic amines) is 1. The van der Waals surface area contributed by atoms with Crippen molar-refractivity contribution in [3.63, 3.8) is 0 Å². The summed E-state index contributed by atoms with van der Waals surface area (Å²) < 4.78 is 0. The number of amides is 2. The summed E-state index contributed by atoms with van der Waals surface area (Å²) in [7, 11) is 0. The number of hydrogen-bond donors (Lipinski definition) is 2. The number of thiazole rings is 1. The van der Waals surface area contributed by atoms with Crippen LogP contribution >= 0.6 is 36.2 Å². The van der Waals surface area contributed by atoms with Gasteiger partial charge in [-0.3, -0.25) is 9.59 Å². The fourth-order valence-electron chi connectivity index (χ4n) is 2.87. The van der Waals surface area contributed by atoms with Crippen molar-refractivity contribution in [2.24, 2.45) is 0 Å². The molecule has 2 amide bonds. The minimum Gasteiger partial charge on any atom is -0.336 e. The van der Waals surface area contributed by atoms with Gasteiger partial charge in [0.15, 0.2) is 5.13 Å². The Bertz CT molecular complexity index is 540. The SMILES string of the molecule is CC(=O)Nc1nc(C(=O)N2CCC3CCC(C2)N3)cs1.Cl.Cl. The van der Waals surface area contributed by atoms with Crippen LogP contribution in [0.3, 0.4) is 0 Å². The van der Waals surface area contributed by atoms with Gasteiger partial charge < -0.3 is 15.5 Å². The third kappa shape index (κ3) is 4.32. The standard InChI is InChI=1S/C13H18N4O2S.2ClH/c1-8(18)14-13-16-11(7-20-13)12(19)17-5-4-9-2-3-10(6-17)15-9;;/h7,9-10,15H,2-6H2,1H3,(H,14,16,18);2*1H. The largest absolute Gasteiger partial charge is 0.336 e. The van der Waals surface area contributed by atoms with E-state index in [9.17, 15) is 9.59 Å². The lowest BCUT2D eigenvalue weighted by atomic mass is 10.1. The lowest BCUT2D eigenvalue weighted by Gasteiger charge is -2.23. The molecular weight excluding hydrogens is 347 g/mol. The van der Waals surface area contributed by atoms with Crippen LogP contribution in [0.5, 0.6) is 0 Å². The Hall–Kier alpha value is -0.890. The summed E-state index contributed by atoms with van der Waals surface area (Å²) >= 11 is 1.28. The second kappa shape index (κ2) is 8.10. The zero-order valence-corrected chi connectivity index (χ0v) is 14.7. The van der Waals surface area contributed by atoms with Crippen molar-refractivity contribution in [2.45, 2.75) is 38.3 Å². The Morgan fingerprint density at radius 3 is 2.77 bits per heavy atom. The van der Waals surface area contributed by atoms with E-state index in [4.69, 9.17) is 0 Å². The highest BCUT2D eigenvalue weighted by Crippen LogP contribution is 2.23. The first-order valence-electron chi connectivity index (χ1n) is 6.90. The first-order valence-corrected chi connectivity index (χ1v) is 7.78. The molecule has 0 aliphatic carbocycles. The van der Waals surface area contributed by atoms with Crippen LogP contribution in [0, 0.1) is 0 Å².